The van der Waals surface area contributed by atoms with Crippen LogP contribution in [-0.2, 0) is 17.9 Å². The number of aryl methyl sites for hydroxylation is 1. The number of aromatic nitrogens is 2. The van der Waals surface area contributed by atoms with Crippen LogP contribution in [0, 0.1) is 6.92 Å². The Balaban J connectivity index is 1.50. The molecule has 0 spiro atoms. The van der Waals surface area contributed by atoms with Crippen molar-refractivity contribution < 1.29 is 14.4 Å². The van der Waals surface area contributed by atoms with Gasteiger partial charge in [0.05, 0.1) is 6.54 Å². The molecule has 3 amide bonds. The van der Waals surface area contributed by atoms with Crippen LogP contribution in [0.1, 0.15) is 64.7 Å². The third-order valence-corrected chi connectivity index (χ3v) is 6.61. The molecule has 1 aliphatic carbocycles. The fraction of sp³-hybridized carbons (Fsp3) is 0.478. The summed E-state index contributed by atoms with van der Waals surface area (Å²) >= 11 is 0. The molecule has 1 aliphatic heterocycles. The van der Waals surface area contributed by atoms with Crippen molar-refractivity contribution in [1.29, 1.82) is 0 Å². The quantitative estimate of drug-likeness (QED) is 0.769. The van der Waals surface area contributed by atoms with Gasteiger partial charge < -0.3 is 15.5 Å². The summed E-state index contributed by atoms with van der Waals surface area (Å²) in [6.07, 6.45) is 4.16. The zero-order valence-corrected chi connectivity index (χ0v) is 18.3. The molecule has 0 saturated heterocycles. The van der Waals surface area contributed by atoms with E-state index in [2.05, 4.69) is 15.7 Å². The maximum absolute atomic E-state index is 13.0. The lowest BCUT2D eigenvalue weighted by Crippen LogP contribution is -2.63. The van der Waals surface area contributed by atoms with E-state index in [1.54, 1.807) is 14.0 Å². The first-order valence-corrected chi connectivity index (χ1v) is 10.8. The van der Waals surface area contributed by atoms with Gasteiger partial charge in [-0.05, 0) is 37.8 Å². The minimum Gasteiger partial charge on any atom is -0.351 e. The minimum absolute atomic E-state index is 0.162. The fourth-order valence-electron chi connectivity index (χ4n) is 4.32. The van der Waals surface area contributed by atoms with Crippen molar-refractivity contribution in [3.8, 4) is 0 Å². The van der Waals surface area contributed by atoms with E-state index >= 15 is 0 Å². The highest BCUT2D eigenvalue weighted by Crippen LogP contribution is 2.27. The number of benzene rings is 1. The molecule has 164 valence electrons. The average Bonchev–Trinajstić information content (AvgIpc) is 3.41. The molecule has 1 aromatic heterocycles. The summed E-state index contributed by atoms with van der Waals surface area (Å²) in [5.74, 6) is -0.847. The third kappa shape index (κ3) is 3.94. The Morgan fingerprint density at radius 1 is 1.23 bits per heavy atom. The van der Waals surface area contributed by atoms with Gasteiger partial charge in [-0.25, -0.2) is 0 Å². The Hall–Kier alpha value is -3.16. The zero-order chi connectivity index (χ0) is 22.2. The van der Waals surface area contributed by atoms with E-state index in [-0.39, 0.29) is 36.0 Å². The van der Waals surface area contributed by atoms with Crippen LogP contribution < -0.4 is 10.6 Å². The molecule has 31 heavy (non-hydrogen) atoms. The first-order chi connectivity index (χ1) is 14.8. The van der Waals surface area contributed by atoms with E-state index in [1.807, 2.05) is 31.2 Å². The molecule has 2 heterocycles. The predicted molar refractivity (Wildman–Crippen MR) is 115 cm³/mol. The summed E-state index contributed by atoms with van der Waals surface area (Å²) in [6, 6.07) is 9.49. The lowest BCUT2D eigenvalue weighted by molar-refractivity contribution is -0.133. The van der Waals surface area contributed by atoms with Crippen molar-refractivity contribution in [2.45, 2.75) is 64.2 Å². The van der Waals surface area contributed by atoms with E-state index in [0.717, 1.165) is 36.8 Å². The number of carbonyl (C=O) groups is 3. The first kappa shape index (κ1) is 21.1. The molecule has 0 radical (unpaired) electrons. The maximum atomic E-state index is 13.0. The molecule has 4 rings (SSSR count). The Kier molecular flexibility index (Phi) is 5.56. The summed E-state index contributed by atoms with van der Waals surface area (Å²) in [6.45, 7) is 4.32. The number of likely N-dealkylation sites (N-methyl/N-ethyl adjacent to an activating group) is 1. The van der Waals surface area contributed by atoms with Gasteiger partial charge in [0, 0.05) is 25.7 Å². The largest absolute Gasteiger partial charge is 0.351 e. The number of hydrogen-bond acceptors (Lipinski definition) is 4. The molecule has 1 aromatic carbocycles. The number of carbonyl (C=O) groups excluding carboxylic acids is 3. The lowest BCUT2D eigenvalue weighted by atomic mass is 9.95. The van der Waals surface area contributed by atoms with Gasteiger partial charge in [-0.15, -0.1) is 0 Å². The van der Waals surface area contributed by atoms with Crippen LogP contribution in [0.2, 0.25) is 0 Å². The Morgan fingerprint density at radius 3 is 2.65 bits per heavy atom. The predicted octanol–water partition coefficient (Wildman–Crippen LogP) is 2.02. The van der Waals surface area contributed by atoms with Crippen molar-refractivity contribution in [2.24, 2.45) is 0 Å². The van der Waals surface area contributed by atoms with Crippen molar-refractivity contribution in [3.05, 3.63) is 52.8 Å². The van der Waals surface area contributed by atoms with E-state index in [4.69, 9.17) is 0 Å². The van der Waals surface area contributed by atoms with Crippen molar-refractivity contribution in [3.63, 3.8) is 0 Å². The Bertz CT molecular complexity index is 1020. The van der Waals surface area contributed by atoms with Gasteiger partial charge >= 0.3 is 0 Å². The van der Waals surface area contributed by atoms with Crippen LogP contribution in [0.3, 0.4) is 0 Å². The number of amides is 3. The summed E-state index contributed by atoms with van der Waals surface area (Å²) < 4.78 is 1.49. The van der Waals surface area contributed by atoms with Crippen LogP contribution in [0.25, 0.3) is 0 Å². The molecular weight excluding hydrogens is 394 g/mol. The molecule has 1 saturated carbocycles. The maximum Gasteiger partial charge on any atom is 0.272 e. The lowest BCUT2D eigenvalue weighted by Gasteiger charge is -2.41. The molecule has 2 N–H and O–H groups in total. The fourth-order valence-corrected chi connectivity index (χ4v) is 4.32. The standard InChI is InChI=1S/C23H29N5O3/c1-15-8-4-5-9-16(15)13-24-20(29)18-12-19-21(30)27(3)23(2,14-28(19)26-18)22(31)25-17-10-6-7-11-17/h4-5,8-9,12,17H,6-7,10-11,13-14H2,1-3H3,(H,24,29)(H,25,31)/t23-/m1/s1. The third-order valence-electron chi connectivity index (χ3n) is 6.61. The number of nitrogens with one attached hydrogen (secondary N) is 2. The molecule has 8 heteroatoms. The number of nitrogens with zero attached hydrogens (tertiary/aromatic N) is 3. The summed E-state index contributed by atoms with van der Waals surface area (Å²) in [4.78, 5) is 40.2. The molecule has 2 aromatic rings. The molecule has 1 fully saturated rings. The van der Waals surface area contributed by atoms with Crippen LogP contribution in [0.15, 0.2) is 30.3 Å². The smallest absolute Gasteiger partial charge is 0.272 e. The average molecular weight is 424 g/mol. The zero-order valence-electron chi connectivity index (χ0n) is 18.3. The van der Waals surface area contributed by atoms with E-state index in [1.165, 1.54) is 15.6 Å². The van der Waals surface area contributed by atoms with Crippen molar-refractivity contribution in [1.82, 2.24) is 25.3 Å². The van der Waals surface area contributed by atoms with Crippen LogP contribution in [0.5, 0.6) is 0 Å². The van der Waals surface area contributed by atoms with E-state index < -0.39 is 5.54 Å². The topological polar surface area (TPSA) is 96.3 Å². The van der Waals surface area contributed by atoms with Gasteiger partial charge in [-0.3, -0.25) is 19.1 Å². The first-order valence-electron chi connectivity index (χ1n) is 10.8. The van der Waals surface area contributed by atoms with Gasteiger partial charge in [0.2, 0.25) is 5.91 Å². The highest BCUT2D eigenvalue weighted by molar-refractivity contribution is 6.01. The molecule has 8 nitrogen and oxygen atoms in total. The van der Waals surface area contributed by atoms with Crippen LogP contribution in [-0.4, -0.2) is 51.0 Å². The van der Waals surface area contributed by atoms with Gasteiger partial charge in [-0.2, -0.15) is 5.10 Å². The normalized spacial score (nSPS) is 21.1. The SMILES string of the molecule is Cc1ccccc1CNC(=O)c1cc2n(n1)C[C@](C)(C(=O)NC1CCCC1)N(C)C2=O. The Labute approximate surface area is 182 Å². The van der Waals surface area contributed by atoms with E-state index in [9.17, 15) is 14.4 Å². The van der Waals surface area contributed by atoms with Gasteiger partial charge in [0.25, 0.3) is 11.8 Å². The van der Waals surface area contributed by atoms with Crippen molar-refractivity contribution in [2.75, 3.05) is 7.05 Å². The second-order valence-electron chi connectivity index (χ2n) is 8.77. The minimum atomic E-state index is -1.06. The number of fused-ring (bicyclic) bond motifs is 1. The molecule has 0 bridgehead atoms. The monoisotopic (exact) mass is 423 g/mol. The Morgan fingerprint density at radius 2 is 1.94 bits per heavy atom. The molecule has 1 atom stereocenters. The summed E-state index contributed by atoms with van der Waals surface area (Å²) in [7, 11) is 1.63. The highest BCUT2D eigenvalue weighted by atomic mass is 16.2. The van der Waals surface area contributed by atoms with E-state index in [0.29, 0.717) is 12.2 Å². The highest BCUT2D eigenvalue weighted by Gasteiger charge is 2.46. The molecule has 0 unspecified atom stereocenters. The summed E-state index contributed by atoms with van der Waals surface area (Å²) in [5, 5.41) is 10.3. The molecular formula is C23H29N5O3. The second-order valence-corrected chi connectivity index (χ2v) is 8.77. The van der Waals surface area contributed by atoms with Crippen LogP contribution >= 0.6 is 0 Å². The van der Waals surface area contributed by atoms with Gasteiger partial charge in [0.15, 0.2) is 5.69 Å². The van der Waals surface area contributed by atoms with Gasteiger partial charge in [-0.1, -0.05) is 37.1 Å². The number of rotatable bonds is 5. The van der Waals surface area contributed by atoms with Gasteiger partial charge in [0.1, 0.15) is 11.2 Å². The summed E-state index contributed by atoms with van der Waals surface area (Å²) in [5.41, 5.74) is 1.54. The number of hydrogen-bond donors (Lipinski definition) is 2. The van der Waals surface area contributed by atoms with Crippen molar-refractivity contribution >= 4 is 17.7 Å². The second kappa shape index (κ2) is 8.17. The molecule has 2 aliphatic rings. The van der Waals surface area contributed by atoms with Crippen LogP contribution in [0.4, 0.5) is 0 Å².